The second kappa shape index (κ2) is 8.14. The third-order valence-corrected chi connectivity index (χ3v) is 6.33. The average Bonchev–Trinajstić information content (AvgIpc) is 2.66. The van der Waals surface area contributed by atoms with E-state index in [-0.39, 0.29) is 17.2 Å². The number of amides is 1. The van der Waals surface area contributed by atoms with E-state index >= 15 is 0 Å². The van der Waals surface area contributed by atoms with Gasteiger partial charge in [0.2, 0.25) is 0 Å². The standard InChI is InChI=1S/C21H25FN2O5S/c1-21(2,3)29-20(25)23-15-8-7-14-6-5-11-24(18(14)12-15)30(26,27)16-9-10-17(22)19(13-16)28-4/h7-10,12-13H,5-6,11H2,1-4H3,(H,23,25). The summed E-state index contributed by atoms with van der Waals surface area (Å²) in [5.74, 6) is -0.784. The van der Waals surface area contributed by atoms with Crippen molar-refractivity contribution in [1.29, 1.82) is 0 Å². The topological polar surface area (TPSA) is 84.9 Å². The van der Waals surface area contributed by atoms with Crippen LogP contribution < -0.4 is 14.4 Å². The monoisotopic (exact) mass is 436 g/mol. The summed E-state index contributed by atoms with van der Waals surface area (Å²) in [6, 6.07) is 8.55. The molecule has 9 heteroatoms. The van der Waals surface area contributed by atoms with Crippen LogP contribution in [-0.2, 0) is 21.2 Å². The fourth-order valence-corrected chi connectivity index (χ4v) is 4.77. The number of sulfonamides is 1. The summed E-state index contributed by atoms with van der Waals surface area (Å²) in [6.07, 6.45) is 0.723. The van der Waals surface area contributed by atoms with E-state index in [1.165, 1.54) is 23.5 Å². The van der Waals surface area contributed by atoms with Gasteiger partial charge in [-0.25, -0.2) is 17.6 Å². The molecule has 0 fully saturated rings. The summed E-state index contributed by atoms with van der Waals surface area (Å²) < 4.78 is 51.8. The number of aryl methyl sites for hydroxylation is 1. The predicted molar refractivity (Wildman–Crippen MR) is 112 cm³/mol. The van der Waals surface area contributed by atoms with E-state index < -0.39 is 27.5 Å². The van der Waals surface area contributed by atoms with Gasteiger partial charge in [-0.2, -0.15) is 0 Å². The molecule has 1 aliphatic rings. The highest BCUT2D eigenvalue weighted by atomic mass is 32.2. The van der Waals surface area contributed by atoms with Gasteiger partial charge in [0.25, 0.3) is 10.0 Å². The van der Waals surface area contributed by atoms with Gasteiger partial charge in [0.1, 0.15) is 5.60 Å². The van der Waals surface area contributed by atoms with Crippen LogP contribution in [0.5, 0.6) is 5.75 Å². The molecule has 7 nitrogen and oxygen atoms in total. The van der Waals surface area contributed by atoms with Crippen LogP contribution in [0.4, 0.5) is 20.6 Å². The molecule has 1 amide bonds. The van der Waals surface area contributed by atoms with Gasteiger partial charge in [-0.05, 0) is 63.4 Å². The minimum absolute atomic E-state index is 0.0703. The highest BCUT2D eigenvalue weighted by Crippen LogP contribution is 2.35. The molecule has 1 heterocycles. The van der Waals surface area contributed by atoms with Crippen LogP contribution in [0.3, 0.4) is 0 Å². The SMILES string of the molecule is COc1cc(S(=O)(=O)N2CCCc3ccc(NC(=O)OC(C)(C)C)cc32)ccc1F. The third-order valence-electron chi connectivity index (χ3n) is 4.52. The van der Waals surface area contributed by atoms with Crippen LogP contribution >= 0.6 is 0 Å². The Hall–Kier alpha value is -2.81. The lowest BCUT2D eigenvalue weighted by molar-refractivity contribution is 0.0636. The Kier molecular flexibility index (Phi) is 5.94. The molecule has 0 aromatic heterocycles. The van der Waals surface area contributed by atoms with Gasteiger partial charge in [0, 0.05) is 18.3 Å². The number of hydrogen-bond donors (Lipinski definition) is 1. The Morgan fingerprint density at radius 3 is 2.57 bits per heavy atom. The first-order chi connectivity index (χ1) is 14.0. The van der Waals surface area contributed by atoms with Crippen molar-refractivity contribution < 1.29 is 27.1 Å². The summed E-state index contributed by atoms with van der Waals surface area (Å²) in [7, 11) is -2.68. The van der Waals surface area contributed by atoms with Crippen molar-refractivity contribution in [3.8, 4) is 5.75 Å². The van der Waals surface area contributed by atoms with E-state index in [4.69, 9.17) is 9.47 Å². The number of nitrogens with one attached hydrogen (secondary N) is 1. The molecule has 0 atom stereocenters. The van der Waals surface area contributed by atoms with Gasteiger partial charge >= 0.3 is 6.09 Å². The molecule has 0 radical (unpaired) electrons. The quantitative estimate of drug-likeness (QED) is 0.771. The lowest BCUT2D eigenvalue weighted by Gasteiger charge is -2.31. The fourth-order valence-electron chi connectivity index (χ4n) is 3.22. The number of methoxy groups -OCH3 is 1. The van der Waals surface area contributed by atoms with Gasteiger partial charge in [-0.15, -0.1) is 0 Å². The van der Waals surface area contributed by atoms with E-state index in [0.29, 0.717) is 24.2 Å². The number of benzene rings is 2. The van der Waals surface area contributed by atoms with Crippen molar-refractivity contribution in [3.05, 3.63) is 47.8 Å². The lowest BCUT2D eigenvalue weighted by Crippen LogP contribution is -2.35. The molecule has 0 spiro atoms. The molecule has 2 aromatic rings. The number of carbonyl (C=O) groups excluding carboxylic acids is 1. The maximum Gasteiger partial charge on any atom is 0.412 e. The third kappa shape index (κ3) is 4.67. The number of halogens is 1. The second-order valence-corrected chi connectivity index (χ2v) is 9.81. The zero-order valence-electron chi connectivity index (χ0n) is 17.4. The van der Waals surface area contributed by atoms with E-state index in [0.717, 1.165) is 11.6 Å². The number of ether oxygens (including phenoxy) is 2. The number of rotatable bonds is 4. The van der Waals surface area contributed by atoms with Crippen molar-refractivity contribution in [1.82, 2.24) is 0 Å². The smallest absolute Gasteiger partial charge is 0.412 e. The van der Waals surface area contributed by atoms with Gasteiger partial charge in [0.05, 0.1) is 17.7 Å². The van der Waals surface area contributed by atoms with Crippen molar-refractivity contribution in [3.63, 3.8) is 0 Å². The number of fused-ring (bicyclic) bond motifs is 1. The predicted octanol–water partition coefficient (Wildman–Crippen LogP) is 4.32. The van der Waals surface area contributed by atoms with Crippen LogP contribution in [-0.4, -0.2) is 33.8 Å². The Morgan fingerprint density at radius 1 is 1.17 bits per heavy atom. The van der Waals surface area contributed by atoms with Gasteiger partial charge in [-0.3, -0.25) is 9.62 Å². The van der Waals surface area contributed by atoms with E-state index in [2.05, 4.69) is 5.32 Å². The normalized spacial score (nSPS) is 14.1. The number of anilines is 2. The Labute approximate surface area is 175 Å². The average molecular weight is 437 g/mol. The molecule has 0 unspecified atom stereocenters. The molecule has 1 N–H and O–H groups in total. The first-order valence-electron chi connectivity index (χ1n) is 9.50. The minimum Gasteiger partial charge on any atom is -0.494 e. The van der Waals surface area contributed by atoms with Crippen LogP contribution in [0.2, 0.25) is 0 Å². The van der Waals surface area contributed by atoms with Crippen molar-refractivity contribution in [2.75, 3.05) is 23.3 Å². The Bertz CT molecular complexity index is 1060. The molecule has 1 aliphatic heterocycles. The number of nitrogens with zero attached hydrogens (tertiary/aromatic N) is 1. The van der Waals surface area contributed by atoms with Crippen LogP contribution in [0.25, 0.3) is 0 Å². The number of carbonyl (C=O) groups is 1. The molecular formula is C21H25FN2O5S. The molecule has 30 heavy (non-hydrogen) atoms. The van der Waals surface area contributed by atoms with E-state index in [9.17, 15) is 17.6 Å². The molecule has 0 aliphatic carbocycles. The van der Waals surface area contributed by atoms with E-state index in [1.807, 2.05) is 0 Å². The second-order valence-electron chi connectivity index (χ2n) is 7.95. The maximum absolute atomic E-state index is 13.7. The summed E-state index contributed by atoms with van der Waals surface area (Å²) in [5, 5.41) is 2.63. The first-order valence-corrected chi connectivity index (χ1v) is 10.9. The van der Waals surface area contributed by atoms with Gasteiger partial charge < -0.3 is 9.47 Å². The highest BCUT2D eigenvalue weighted by Gasteiger charge is 2.30. The zero-order valence-corrected chi connectivity index (χ0v) is 18.2. The minimum atomic E-state index is -3.96. The summed E-state index contributed by atoms with van der Waals surface area (Å²) in [6.45, 7) is 5.53. The summed E-state index contributed by atoms with van der Waals surface area (Å²) >= 11 is 0. The van der Waals surface area contributed by atoms with E-state index in [1.54, 1.807) is 39.0 Å². The lowest BCUT2D eigenvalue weighted by atomic mass is 10.0. The molecule has 3 rings (SSSR count). The van der Waals surface area contributed by atoms with Gasteiger partial charge in [0.15, 0.2) is 11.6 Å². The van der Waals surface area contributed by atoms with Crippen LogP contribution in [0.15, 0.2) is 41.3 Å². The van der Waals surface area contributed by atoms with Gasteiger partial charge in [-0.1, -0.05) is 6.07 Å². The molecule has 2 aromatic carbocycles. The van der Waals surface area contributed by atoms with Crippen molar-refractivity contribution in [2.24, 2.45) is 0 Å². The van der Waals surface area contributed by atoms with Crippen LogP contribution in [0, 0.1) is 5.82 Å². The van der Waals surface area contributed by atoms with Crippen LogP contribution in [0.1, 0.15) is 32.8 Å². The Morgan fingerprint density at radius 2 is 1.90 bits per heavy atom. The molecule has 0 saturated heterocycles. The summed E-state index contributed by atoms with van der Waals surface area (Å²) in [5.41, 5.74) is 1.07. The zero-order chi connectivity index (χ0) is 22.1. The fraction of sp³-hybridized carbons (Fsp3) is 0.381. The van der Waals surface area contributed by atoms with Crippen molar-refractivity contribution in [2.45, 2.75) is 44.1 Å². The Balaban J connectivity index is 1.95. The summed E-state index contributed by atoms with van der Waals surface area (Å²) in [4.78, 5) is 12.0. The molecular weight excluding hydrogens is 411 g/mol. The maximum atomic E-state index is 13.7. The molecule has 0 bridgehead atoms. The first kappa shape index (κ1) is 21.9. The molecule has 0 saturated carbocycles. The largest absolute Gasteiger partial charge is 0.494 e. The highest BCUT2D eigenvalue weighted by molar-refractivity contribution is 7.92. The number of hydrogen-bond acceptors (Lipinski definition) is 5. The molecule has 162 valence electrons. The van der Waals surface area contributed by atoms with Crippen molar-refractivity contribution >= 4 is 27.5 Å².